The molecule has 0 amide bonds. The van der Waals surface area contributed by atoms with Gasteiger partial charge in [-0.3, -0.25) is 13.6 Å². The molecule has 1 aromatic rings. The van der Waals surface area contributed by atoms with E-state index < -0.39 is 7.40 Å². The molecule has 1 aliphatic rings. The van der Waals surface area contributed by atoms with Crippen LogP contribution in [0.15, 0.2) is 28.9 Å². The zero-order valence-electron chi connectivity index (χ0n) is 9.11. The van der Waals surface area contributed by atoms with E-state index in [1.165, 1.54) is 0 Å². The standard InChI is InChI=1S/C11H11BF2N2/c1-8-6-9(2)16(12(13)14)11(8)7-10-4-3-5-15-10/h3-7H,1-2H3. The van der Waals surface area contributed by atoms with Gasteiger partial charge in [0, 0.05) is 17.6 Å². The lowest BCUT2D eigenvalue weighted by molar-refractivity contribution is 0.624. The summed E-state index contributed by atoms with van der Waals surface area (Å²) < 4.78 is 26.7. The molecule has 82 valence electrons. The monoisotopic (exact) mass is 220 g/mol. The molecule has 2 heterocycles. The first-order chi connectivity index (χ1) is 7.59. The maximum Gasteiger partial charge on any atom is 0.677 e. The van der Waals surface area contributed by atoms with E-state index in [-0.39, 0.29) is 0 Å². The van der Waals surface area contributed by atoms with Gasteiger partial charge in [0.05, 0.1) is 5.70 Å². The molecule has 0 spiro atoms. The van der Waals surface area contributed by atoms with E-state index in [1.54, 1.807) is 37.4 Å². The van der Waals surface area contributed by atoms with Crippen molar-refractivity contribution < 1.29 is 8.63 Å². The molecule has 0 fully saturated rings. The van der Waals surface area contributed by atoms with Crippen LogP contribution >= 0.6 is 0 Å². The molecule has 1 aromatic heterocycles. The van der Waals surface area contributed by atoms with Gasteiger partial charge in [-0.2, -0.15) is 0 Å². The van der Waals surface area contributed by atoms with Crippen LogP contribution in [-0.4, -0.2) is 18.1 Å². The summed E-state index contributed by atoms with van der Waals surface area (Å²) in [6, 6.07) is 1.75. The number of allylic oxidation sites excluding steroid dienone is 2. The quantitative estimate of drug-likeness (QED) is 0.682. The predicted octanol–water partition coefficient (Wildman–Crippen LogP) is 2.86. The highest BCUT2D eigenvalue weighted by molar-refractivity contribution is 6.41. The summed E-state index contributed by atoms with van der Waals surface area (Å²) in [7, 11) is -2.52. The van der Waals surface area contributed by atoms with Gasteiger partial charge in [0.25, 0.3) is 0 Å². The average molecular weight is 220 g/mol. The summed E-state index contributed by atoms with van der Waals surface area (Å²) >= 11 is 0. The normalized spacial score (nSPS) is 16.4. The fourth-order valence-corrected chi connectivity index (χ4v) is 1.82. The van der Waals surface area contributed by atoms with E-state index in [0.717, 1.165) is 10.0 Å². The third kappa shape index (κ3) is 1.85. The summed E-state index contributed by atoms with van der Waals surface area (Å²) in [4.78, 5) is 4.05. The van der Waals surface area contributed by atoms with Crippen molar-refractivity contribution in [2.75, 3.05) is 0 Å². The Kier molecular flexibility index (Phi) is 2.77. The highest BCUT2D eigenvalue weighted by Crippen LogP contribution is 2.21. The van der Waals surface area contributed by atoms with E-state index in [1.807, 2.05) is 6.92 Å². The van der Waals surface area contributed by atoms with Crippen LogP contribution in [0.3, 0.4) is 0 Å². The molecule has 0 aliphatic carbocycles. The maximum absolute atomic E-state index is 12.9. The second-order valence-electron chi connectivity index (χ2n) is 3.71. The molecular formula is C11H11BF2N2. The predicted molar refractivity (Wildman–Crippen MR) is 62.9 cm³/mol. The Morgan fingerprint density at radius 3 is 2.69 bits per heavy atom. The van der Waals surface area contributed by atoms with E-state index in [2.05, 4.69) is 4.99 Å². The Hall–Kier alpha value is -1.65. The van der Waals surface area contributed by atoms with Crippen molar-refractivity contribution in [3.63, 3.8) is 0 Å². The molecule has 1 aliphatic heterocycles. The van der Waals surface area contributed by atoms with E-state index in [0.29, 0.717) is 17.1 Å². The summed E-state index contributed by atoms with van der Waals surface area (Å²) in [5.41, 5.74) is 2.61. The van der Waals surface area contributed by atoms with Crippen LogP contribution in [0.25, 0.3) is 6.08 Å². The lowest BCUT2D eigenvalue weighted by atomic mass is 10.1. The molecule has 0 N–H and O–H groups in total. The largest absolute Gasteiger partial charge is 0.677 e. The molecule has 2 rings (SSSR count). The zero-order valence-corrected chi connectivity index (χ0v) is 9.11. The number of rotatable bonds is 2. The lowest BCUT2D eigenvalue weighted by Crippen LogP contribution is -2.16. The van der Waals surface area contributed by atoms with E-state index >= 15 is 0 Å². The first-order valence-electron chi connectivity index (χ1n) is 4.98. The van der Waals surface area contributed by atoms with Crippen LogP contribution in [0.1, 0.15) is 17.0 Å². The zero-order chi connectivity index (χ0) is 11.7. The molecule has 0 unspecified atom stereocenters. The van der Waals surface area contributed by atoms with Crippen LogP contribution in [0.4, 0.5) is 8.63 Å². The van der Waals surface area contributed by atoms with Crippen LogP contribution in [0.2, 0.25) is 0 Å². The Morgan fingerprint density at radius 2 is 2.12 bits per heavy atom. The van der Waals surface area contributed by atoms with Gasteiger partial charge >= 0.3 is 7.40 Å². The van der Waals surface area contributed by atoms with Crippen molar-refractivity contribution in [3.05, 3.63) is 40.9 Å². The molecular weight excluding hydrogens is 209 g/mol. The molecule has 0 bridgehead atoms. The van der Waals surface area contributed by atoms with Crippen LogP contribution < -0.4 is 0 Å². The minimum atomic E-state index is -2.52. The van der Waals surface area contributed by atoms with Crippen molar-refractivity contribution >= 4 is 19.7 Å². The number of hydrogen-bond acceptors (Lipinski definition) is 1. The molecule has 0 radical (unpaired) electrons. The first-order valence-corrected chi connectivity index (χ1v) is 4.98. The minimum absolute atomic E-state index is 0.520. The third-order valence-corrected chi connectivity index (χ3v) is 2.53. The highest BCUT2D eigenvalue weighted by Gasteiger charge is 2.23. The van der Waals surface area contributed by atoms with Gasteiger partial charge in [0.1, 0.15) is 0 Å². The summed E-state index contributed by atoms with van der Waals surface area (Å²) in [6.07, 6.45) is 6.89. The van der Waals surface area contributed by atoms with Gasteiger partial charge in [-0.05, 0) is 43.7 Å². The average Bonchev–Trinajstić information content (AvgIpc) is 2.76. The fraction of sp³-hybridized carbons (Fsp3) is 0.182. The smallest absolute Gasteiger partial charge is 0.329 e. The first kappa shape index (κ1) is 10.9. The number of halogens is 2. The number of aryl methyl sites for hydroxylation is 2. The molecule has 2 nitrogen and oxygen atoms in total. The van der Waals surface area contributed by atoms with Gasteiger partial charge in [-0.15, -0.1) is 0 Å². The van der Waals surface area contributed by atoms with Crippen LogP contribution in [0.5, 0.6) is 0 Å². The Balaban J connectivity index is 2.51. The molecule has 0 saturated heterocycles. The summed E-state index contributed by atoms with van der Waals surface area (Å²) in [5, 5.41) is 0. The van der Waals surface area contributed by atoms with Gasteiger partial charge < -0.3 is 4.48 Å². The van der Waals surface area contributed by atoms with Crippen molar-refractivity contribution in [1.29, 1.82) is 0 Å². The van der Waals surface area contributed by atoms with Crippen molar-refractivity contribution in [1.82, 2.24) is 4.48 Å². The molecule has 0 saturated carbocycles. The van der Waals surface area contributed by atoms with E-state index in [4.69, 9.17) is 0 Å². The highest BCUT2D eigenvalue weighted by atomic mass is 19.2. The molecule has 0 aromatic carbocycles. The van der Waals surface area contributed by atoms with Gasteiger partial charge in [0.15, 0.2) is 0 Å². The second kappa shape index (κ2) is 4.08. The summed E-state index contributed by atoms with van der Waals surface area (Å²) in [6.45, 7) is 3.50. The van der Waals surface area contributed by atoms with Gasteiger partial charge in [-0.1, -0.05) is 0 Å². The van der Waals surface area contributed by atoms with Crippen LogP contribution in [-0.2, 0) is 0 Å². The Morgan fingerprint density at radius 1 is 1.38 bits per heavy atom. The molecule has 16 heavy (non-hydrogen) atoms. The number of hydrogen-bond donors (Lipinski definition) is 0. The Labute approximate surface area is 93.2 Å². The lowest BCUT2D eigenvalue weighted by Gasteiger charge is -2.05. The fourth-order valence-electron chi connectivity index (χ4n) is 1.82. The maximum atomic E-state index is 12.9. The topological polar surface area (TPSA) is 17.3 Å². The molecule has 0 atom stereocenters. The molecule has 5 heteroatoms. The van der Waals surface area contributed by atoms with Crippen molar-refractivity contribution in [2.24, 2.45) is 4.99 Å². The SMILES string of the molecule is Cc1cc(C)n(B(F)F)c1C=C1C=CC=N1. The van der Waals surface area contributed by atoms with Crippen molar-refractivity contribution in [2.45, 2.75) is 13.8 Å². The minimum Gasteiger partial charge on any atom is -0.329 e. The number of aliphatic imine (C=N–C) groups is 1. The van der Waals surface area contributed by atoms with Gasteiger partial charge in [0.2, 0.25) is 0 Å². The van der Waals surface area contributed by atoms with Crippen molar-refractivity contribution in [3.8, 4) is 0 Å². The second-order valence-corrected chi connectivity index (χ2v) is 3.71. The van der Waals surface area contributed by atoms with Gasteiger partial charge in [-0.25, -0.2) is 0 Å². The number of nitrogens with zero attached hydrogens (tertiary/aromatic N) is 2. The van der Waals surface area contributed by atoms with E-state index in [9.17, 15) is 8.63 Å². The Bertz CT molecular complexity index is 484. The summed E-state index contributed by atoms with van der Waals surface area (Å²) in [5.74, 6) is 0. The third-order valence-electron chi connectivity index (χ3n) is 2.53. The number of aromatic nitrogens is 1. The van der Waals surface area contributed by atoms with Crippen LogP contribution in [0, 0.1) is 13.8 Å².